The van der Waals surface area contributed by atoms with Gasteiger partial charge in [-0.05, 0) is 12.8 Å². The van der Waals surface area contributed by atoms with Gasteiger partial charge in [-0.15, -0.1) is 0 Å². The number of hydrogen-bond acceptors (Lipinski definition) is 1. The summed E-state index contributed by atoms with van der Waals surface area (Å²) in [5.41, 5.74) is 0. The number of hydrogen-bond donors (Lipinski definition) is 2. The van der Waals surface area contributed by atoms with Crippen LogP contribution in [0.4, 0.5) is 4.79 Å². The van der Waals surface area contributed by atoms with E-state index in [1.54, 1.807) is 0 Å². The highest BCUT2D eigenvalue weighted by Crippen LogP contribution is 2.11. The molecule has 0 radical (unpaired) electrons. The van der Waals surface area contributed by atoms with Crippen LogP contribution in [-0.4, -0.2) is 19.1 Å². The van der Waals surface area contributed by atoms with E-state index >= 15 is 0 Å². The topological polar surface area (TPSA) is 41.1 Å². The van der Waals surface area contributed by atoms with Crippen LogP contribution < -0.4 is 10.6 Å². The number of urea groups is 1. The molecule has 0 aromatic rings. The molecule has 156 valence electrons. The molecular weight excluding hydrogens is 320 g/mol. The summed E-state index contributed by atoms with van der Waals surface area (Å²) in [6, 6.07) is 0.0154. The van der Waals surface area contributed by atoms with E-state index in [0.29, 0.717) is 0 Å². The Labute approximate surface area is 164 Å². The Balaban J connectivity index is 3.12. The van der Waals surface area contributed by atoms with Gasteiger partial charge in [-0.1, -0.05) is 117 Å². The Morgan fingerprint density at radius 2 is 0.731 bits per heavy atom. The molecular formula is C23H48N2O. The van der Waals surface area contributed by atoms with Gasteiger partial charge in [0.2, 0.25) is 0 Å². The van der Waals surface area contributed by atoms with Crippen LogP contribution in [0.1, 0.15) is 129 Å². The number of amides is 2. The SMILES string of the molecule is CCCCCCCCCCCCCCNC(=O)NCCCCCCCC. The predicted molar refractivity (Wildman–Crippen MR) is 116 cm³/mol. The molecule has 0 heterocycles. The van der Waals surface area contributed by atoms with Crippen LogP contribution in [-0.2, 0) is 0 Å². The highest BCUT2D eigenvalue weighted by Gasteiger charge is 1.99. The average molecular weight is 369 g/mol. The molecule has 0 bridgehead atoms. The van der Waals surface area contributed by atoms with Gasteiger partial charge >= 0.3 is 6.03 Å². The van der Waals surface area contributed by atoms with Gasteiger partial charge in [0, 0.05) is 13.1 Å². The lowest BCUT2D eigenvalue weighted by molar-refractivity contribution is 0.240. The minimum Gasteiger partial charge on any atom is -0.338 e. The van der Waals surface area contributed by atoms with Gasteiger partial charge in [-0.2, -0.15) is 0 Å². The maximum absolute atomic E-state index is 11.7. The number of carbonyl (C=O) groups is 1. The lowest BCUT2D eigenvalue weighted by atomic mass is 10.1. The maximum atomic E-state index is 11.7. The first-order valence-electron chi connectivity index (χ1n) is 11.8. The minimum atomic E-state index is 0.0154. The molecule has 0 aliphatic carbocycles. The van der Waals surface area contributed by atoms with Crippen molar-refractivity contribution < 1.29 is 4.79 Å². The van der Waals surface area contributed by atoms with E-state index in [9.17, 15) is 4.79 Å². The summed E-state index contributed by atoms with van der Waals surface area (Å²) in [6.45, 7) is 6.15. The van der Waals surface area contributed by atoms with E-state index in [4.69, 9.17) is 0 Å². The average Bonchev–Trinajstić information content (AvgIpc) is 2.64. The Morgan fingerprint density at radius 3 is 1.04 bits per heavy atom. The second kappa shape index (κ2) is 22.3. The molecule has 0 aromatic heterocycles. The second-order valence-electron chi connectivity index (χ2n) is 7.84. The summed E-state index contributed by atoms with van der Waals surface area (Å²) in [4.78, 5) is 11.7. The van der Waals surface area contributed by atoms with E-state index in [1.807, 2.05) is 0 Å². The van der Waals surface area contributed by atoms with Crippen molar-refractivity contribution >= 4 is 6.03 Å². The highest BCUT2D eigenvalue weighted by atomic mass is 16.2. The smallest absolute Gasteiger partial charge is 0.314 e. The first-order valence-corrected chi connectivity index (χ1v) is 11.8. The first-order chi connectivity index (χ1) is 12.8. The summed E-state index contributed by atoms with van der Waals surface area (Å²) in [5, 5.41) is 5.95. The number of rotatable bonds is 20. The second-order valence-corrected chi connectivity index (χ2v) is 7.84. The van der Waals surface area contributed by atoms with Crippen LogP contribution in [0.3, 0.4) is 0 Å². The molecule has 0 rings (SSSR count). The molecule has 0 aliphatic rings. The summed E-state index contributed by atoms with van der Waals surface area (Å²) in [7, 11) is 0. The van der Waals surface area contributed by atoms with Crippen LogP contribution >= 0.6 is 0 Å². The standard InChI is InChI=1S/C23H48N2O/c1-3-5-7-9-11-12-13-14-15-16-18-20-22-25-23(26)24-21-19-17-10-8-6-4-2/h3-22H2,1-2H3,(H2,24,25,26). The normalized spacial score (nSPS) is 10.8. The number of nitrogens with one attached hydrogen (secondary N) is 2. The zero-order chi connectivity index (χ0) is 19.1. The third kappa shape index (κ3) is 21.3. The van der Waals surface area contributed by atoms with E-state index < -0.39 is 0 Å². The molecule has 0 aromatic carbocycles. The Bertz CT molecular complexity index is 281. The molecule has 0 aliphatic heterocycles. The summed E-state index contributed by atoms with van der Waals surface area (Å²) >= 11 is 0. The molecule has 2 N–H and O–H groups in total. The van der Waals surface area contributed by atoms with Crippen molar-refractivity contribution in [3.63, 3.8) is 0 Å². The van der Waals surface area contributed by atoms with Gasteiger partial charge in [0.25, 0.3) is 0 Å². The van der Waals surface area contributed by atoms with Crippen molar-refractivity contribution in [2.45, 2.75) is 129 Å². The van der Waals surface area contributed by atoms with Gasteiger partial charge in [-0.25, -0.2) is 4.79 Å². The summed E-state index contributed by atoms with van der Waals surface area (Å²) in [5.74, 6) is 0. The fourth-order valence-electron chi connectivity index (χ4n) is 3.34. The predicted octanol–water partition coefficient (Wildman–Crippen LogP) is 7.35. The molecule has 3 heteroatoms. The van der Waals surface area contributed by atoms with E-state index in [1.165, 1.54) is 103 Å². The Morgan fingerprint density at radius 1 is 0.462 bits per heavy atom. The molecule has 0 saturated carbocycles. The van der Waals surface area contributed by atoms with Crippen LogP contribution in [0, 0.1) is 0 Å². The lowest BCUT2D eigenvalue weighted by Gasteiger charge is -2.07. The van der Waals surface area contributed by atoms with Gasteiger partial charge in [0.05, 0.1) is 0 Å². The third-order valence-electron chi connectivity index (χ3n) is 5.13. The molecule has 0 spiro atoms. The van der Waals surface area contributed by atoms with Gasteiger partial charge in [0.1, 0.15) is 0 Å². The van der Waals surface area contributed by atoms with Gasteiger partial charge in [0.15, 0.2) is 0 Å². The summed E-state index contributed by atoms with van der Waals surface area (Å²) in [6.07, 6.45) is 23.9. The van der Waals surface area contributed by atoms with Crippen molar-refractivity contribution in [3.8, 4) is 0 Å². The van der Waals surface area contributed by atoms with Crippen LogP contribution in [0.5, 0.6) is 0 Å². The maximum Gasteiger partial charge on any atom is 0.314 e. The number of carbonyl (C=O) groups excluding carboxylic acids is 1. The monoisotopic (exact) mass is 368 g/mol. The quantitative estimate of drug-likeness (QED) is 0.217. The molecule has 0 fully saturated rings. The largest absolute Gasteiger partial charge is 0.338 e. The van der Waals surface area contributed by atoms with Crippen molar-refractivity contribution in [2.24, 2.45) is 0 Å². The molecule has 0 atom stereocenters. The first kappa shape index (κ1) is 25.3. The van der Waals surface area contributed by atoms with Crippen molar-refractivity contribution in [1.29, 1.82) is 0 Å². The fraction of sp³-hybridized carbons (Fsp3) is 0.957. The minimum absolute atomic E-state index is 0.0154. The lowest BCUT2D eigenvalue weighted by Crippen LogP contribution is -2.36. The molecule has 0 unspecified atom stereocenters. The van der Waals surface area contributed by atoms with Crippen LogP contribution in [0.2, 0.25) is 0 Å². The van der Waals surface area contributed by atoms with Crippen molar-refractivity contribution in [1.82, 2.24) is 10.6 Å². The molecule has 3 nitrogen and oxygen atoms in total. The number of unbranched alkanes of at least 4 members (excludes halogenated alkanes) is 16. The summed E-state index contributed by atoms with van der Waals surface area (Å²) < 4.78 is 0. The molecule has 2 amide bonds. The van der Waals surface area contributed by atoms with Gasteiger partial charge in [-0.3, -0.25) is 0 Å². The Hall–Kier alpha value is -0.730. The van der Waals surface area contributed by atoms with Crippen molar-refractivity contribution in [2.75, 3.05) is 13.1 Å². The van der Waals surface area contributed by atoms with Gasteiger partial charge < -0.3 is 10.6 Å². The Kier molecular flexibility index (Phi) is 21.7. The molecule has 0 saturated heterocycles. The molecule has 26 heavy (non-hydrogen) atoms. The zero-order valence-electron chi connectivity index (χ0n) is 18.1. The van der Waals surface area contributed by atoms with E-state index in [2.05, 4.69) is 24.5 Å². The van der Waals surface area contributed by atoms with Crippen LogP contribution in [0.25, 0.3) is 0 Å². The zero-order valence-corrected chi connectivity index (χ0v) is 18.1. The highest BCUT2D eigenvalue weighted by molar-refractivity contribution is 5.73. The fourth-order valence-corrected chi connectivity index (χ4v) is 3.34. The van der Waals surface area contributed by atoms with Crippen LogP contribution in [0.15, 0.2) is 0 Å². The van der Waals surface area contributed by atoms with E-state index in [0.717, 1.165) is 25.9 Å². The van der Waals surface area contributed by atoms with E-state index in [-0.39, 0.29) is 6.03 Å². The third-order valence-corrected chi connectivity index (χ3v) is 5.13. The van der Waals surface area contributed by atoms with Crippen molar-refractivity contribution in [3.05, 3.63) is 0 Å².